The van der Waals surface area contributed by atoms with E-state index in [1.165, 1.54) is 11.1 Å². The maximum absolute atomic E-state index is 5.63. The van der Waals surface area contributed by atoms with E-state index >= 15 is 0 Å². The Kier molecular flexibility index (Phi) is 2.23. The molecule has 1 aliphatic rings. The van der Waals surface area contributed by atoms with Crippen molar-refractivity contribution in [2.45, 2.75) is 13.5 Å². The van der Waals surface area contributed by atoms with Gasteiger partial charge >= 0.3 is 0 Å². The fourth-order valence-electron chi connectivity index (χ4n) is 1.65. The van der Waals surface area contributed by atoms with Crippen LogP contribution in [0.25, 0.3) is 0 Å². The molecule has 13 heavy (non-hydrogen) atoms. The van der Waals surface area contributed by atoms with Gasteiger partial charge in [-0.05, 0) is 20.0 Å². The van der Waals surface area contributed by atoms with Gasteiger partial charge in [0.1, 0.15) is 12.4 Å². The van der Waals surface area contributed by atoms with E-state index in [9.17, 15) is 0 Å². The first-order chi connectivity index (χ1) is 6.25. The van der Waals surface area contributed by atoms with Gasteiger partial charge in [0.25, 0.3) is 0 Å². The summed E-state index contributed by atoms with van der Waals surface area (Å²) in [7, 11) is 2.13. The zero-order valence-electron chi connectivity index (χ0n) is 8.21. The first-order valence-electron chi connectivity index (χ1n) is 4.66. The summed E-state index contributed by atoms with van der Waals surface area (Å²) in [4.78, 5) is 2.28. The maximum Gasteiger partial charge on any atom is 0.123 e. The van der Waals surface area contributed by atoms with Gasteiger partial charge in [0.15, 0.2) is 0 Å². The molecular formula is C11H15NO. The summed E-state index contributed by atoms with van der Waals surface area (Å²) < 4.78 is 5.63. The molecule has 0 aromatic heterocycles. The van der Waals surface area contributed by atoms with Crippen molar-refractivity contribution in [3.63, 3.8) is 0 Å². The third-order valence-electron chi connectivity index (χ3n) is 2.39. The second kappa shape index (κ2) is 3.38. The minimum Gasteiger partial charge on any atom is -0.492 e. The van der Waals surface area contributed by atoms with Gasteiger partial charge in [-0.25, -0.2) is 0 Å². The number of rotatable bonds is 0. The Morgan fingerprint density at radius 2 is 2.23 bits per heavy atom. The first-order valence-corrected chi connectivity index (χ1v) is 4.66. The Balaban J connectivity index is 2.35. The lowest BCUT2D eigenvalue weighted by Gasteiger charge is -2.11. The molecular weight excluding hydrogens is 162 g/mol. The summed E-state index contributed by atoms with van der Waals surface area (Å²) in [5.41, 5.74) is 2.61. The molecule has 0 atom stereocenters. The Morgan fingerprint density at radius 1 is 1.38 bits per heavy atom. The van der Waals surface area contributed by atoms with Gasteiger partial charge in [0.2, 0.25) is 0 Å². The van der Waals surface area contributed by atoms with Crippen LogP contribution >= 0.6 is 0 Å². The molecule has 2 heteroatoms. The summed E-state index contributed by atoms with van der Waals surface area (Å²) in [5.74, 6) is 1.05. The smallest absolute Gasteiger partial charge is 0.123 e. The Hall–Kier alpha value is -1.02. The lowest BCUT2D eigenvalue weighted by Crippen LogP contribution is -2.20. The fraction of sp³-hybridized carbons (Fsp3) is 0.455. The second-order valence-electron chi connectivity index (χ2n) is 3.70. The zero-order valence-corrected chi connectivity index (χ0v) is 8.21. The molecule has 1 aliphatic heterocycles. The summed E-state index contributed by atoms with van der Waals surface area (Å²) in [6.45, 7) is 4.92. The van der Waals surface area contributed by atoms with E-state index in [1.54, 1.807) is 0 Å². The third kappa shape index (κ3) is 1.83. The molecule has 1 heterocycles. The highest BCUT2D eigenvalue weighted by molar-refractivity contribution is 5.37. The molecule has 1 aromatic rings. The molecule has 0 N–H and O–H groups in total. The lowest BCUT2D eigenvalue weighted by molar-refractivity contribution is 0.259. The van der Waals surface area contributed by atoms with Gasteiger partial charge in [-0.3, -0.25) is 4.90 Å². The number of hydrogen-bond acceptors (Lipinski definition) is 2. The third-order valence-corrected chi connectivity index (χ3v) is 2.39. The first kappa shape index (κ1) is 8.57. The molecule has 0 radical (unpaired) electrons. The molecule has 0 fully saturated rings. The predicted molar refractivity (Wildman–Crippen MR) is 53.0 cm³/mol. The molecule has 0 saturated carbocycles. The van der Waals surface area contributed by atoms with Crippen molar-refractivity contribution in [1.29, 1.82) is 0 Å². The molecule has 0 unspecified atom stereocenters. The number of fused-ring (bicyclic) bond motifs is 1. The van der Waals surface area contributed by atoms with Crippen LogP contribution in [-0.4, -0.2) is 25.1 Å². The minimum atomic E-state index is 0.798. The van der Waals surface area contributed by atoms with Crippen LogP contribution in [0.1, 0.15) is 11.1 Å². The van der Waals surface area contributed by atoms with Crippen molar-refractivity contribution < 1.29 is 4.74 Å². The fourth-order valence-corrected chi connectivity index (χ4v) is 1.65. The van der Waals surface area contributed by atoms with Crippen LogP contribution in [-0.2, 0) is 6.54 Å². The average Bonchev–Trinajstić information content (AvgIpc) is 2.25. The summed E-state index contributed by atoms with van der Waals surface area (Å²) in [6.07, 6.45) is 0. The number of likely N-dealkylation sites (N-methyl/N-ethyl adjacent to an activating group) is 1. The topological polar surface area (TPSA) is 12.5 Å². The number of benzene rings is 1. The van der Waals surface area contributed by atoms with E-state index in [0.717, 1.165) is 25.4 Å². The molecule has 2 rings (SSSR count). The SMILES string of the molecule is Cc1ccc2c(c1)CN(C)CCO2. The van der Waals surface area contributed by atoms with E-state index in [-0.39, 0.29) is 0 Å². The Labute approximate surface area is 79.1 Å². The van der Waals surface area contributed by atoms with Gasteiger partial charge in [-0.2, -0.15) is 0 Å². The zero-order chi connectivity index (χ0) is 9.26. The predicted octanol–water partition coefficient (Wildman–Crippen LogP) is 1.82. The van der Waals surface area contributed by atoms with Gasteiger partial charge in [-0.1, -0.05) is 17.7 Å². The average molecular weight is 177 g/mol. The second-order valence-corrected chi connectivity index (χ2v) is 3.70. The van der Waals surface area contributed by atoms with Crippen molar-refractivity contribution in [3.8, 4) is 5.75 Å². The van der Waals surface area contributed by atoms with E-state index in [4.69, 9.17) is 4.74 Å². The van der Waals surface area contributed by atoms with E-state index in [1.807, 2.05) is 0 Å². The van der Waals surface area contributed by atoms with E-state index in [2.05, 4.69) is 37.1 Å². The quantitative estimate of drug-likeness (QED) is 0.599. The highest BCUT2D eigenvalue weighted by atomic mass is 16.5. The molecule has 1 aromatic carbocycles. The van der Waals surface area contributed by atoms with Gasteiger partial charge in [0, 0.05) is 18.7 Å². The van der Waals surface area contributed by atoms with Crippen molar-refractivity contribution >= 4 is 0 Å². The largest absolute Gasteiger partial charge is 0.492 e. The van der Waals surface area contributed by atoms with E-state index in [0.29, 0.717) is 0 Å². The van der Waals surface area contributed by atoms with Gasteiger partial charge in [-0.15, -0.1) is 0 Å². The highest BCUT2D eigenvalue weighted by Crippen LogP contribution is 2.23. The van der Waals surface area contributed by atoms with Crippen molar-refractivity contribution in [1.82, 2.24) is 4.90 Å². The van der Waals surface area contributed by atoms with Gasteiger partial charge in [0.05, 0.1) is 0 Å². The van der Waals surface area contributed by atoms with Crippen molar-refractivity contribution in [2.75, 3.05) is 20.2 Å². The normalized spacial score (nSPS) is 17.4. The molecule has 2 nitrogen and oxygen atoms in total. The van der Waals surface area contributed by atoms with Crippen LogP contribution in [0, 0.1) is 6.92 Å². The highest BCUT2D eigenvalue weighted by Gasteiger charge is 2.11. The molecule has 0 saturated heterocycles. The van der Waals surface area contributed by atoms with Crippen LogP contribution in [0.3, 0.4) is 0 Å². The summed E-state index contributed by atoms with van der Waals surface area (Å²) >= 11 is 0. The van der Waals surface area contributed by atoms with Crippen LogP contribution in [0.2, 0.25) is 0 Å². The Bertz CT molecular complexity index is 309. The van der Waals surface area contributed by atoms with Crippen LogP contribution in [0.15, 0.2) is 18.2 Å². The van der Waals surface area contributed by atoms with Gasteiger partial charge < -0.3 is 4.74 Å². The number of aryl methyl sites for hydroxylation is 1. The summed E-state index contributed by atoms with van der Waals surface area (Å²) in [6, 6.07) is 6.38. The standard InChI is InChI=1S/C11H15NO/c1-9-3-4-11-10(7-9)8-12(2)5-6-13-11/h3-4,7H,5-6,8H2,1-2H3. The molecule has 0 aliphatic carbocycles. The number of nitrogens with zero attached hydrogens (tertiary/aromatic N) is 1. The van der Waals surface area contributed by atoms with Crippen molar-refractivity contribution in [2.24, 2.45) is 0 Å². The molecule has 0 bridgehead atoms. The molecule has 0 spiro atoms. The minimum absolute atomic E-state index is 0.798. The number of hydrogen-bond donors (Lipinski definition) is 0. The van der Waals surface area contributed by atoms with Crippen LogP contribution in [0.5, 0.6) is 5.75 Å². The van der Waals surface area contributed by atoms with E-state index < -0.39 is 0 Å². The van der Waals surface area contributed by atoms with Crippen LogP contribution < -0.4 is 4.74 Å². The summed E-state index contributed by atoms with van der Waals surface area (Å²) in [5, 5.41) is 0. The van der Waals surface area contributed by atoms with Crippen molar-refractivity contribution in [3.05, 3.63) is 29.3 Å². The number of ether oxygens (including phenoxy) is 1. The molecule has 70 valence electrons. The maximum atomic E-state index is 5.63. The monoisotopic (exact) mass is 177 g/mol. The molecule has 0 amide bonds. The lowest BCUT2D eigenvalue weighted by atomic mass is 10.1. The van der Waals surface area contributed by atoms with Crippen LogP contribution in [0.4, 0.5) is 0 Å². The Morgan fingerprint density at radius 3 is 3.08 bits per heavy atom.